The molecular formula is C14H20ClN3S. The molecule has 0 aliphatic heterocycles. The van der Waals surface area contributed by atoms with E-state index in [1.165, 1.54) is 25.7 Å². The van der Waals surface area contributed by atoms with Gasteiger partial charge in [-0.3, -0.25) is 10.9 Å². The van der Waals surface area contributed by atoms with Crippen LogP contribution in [0.4, 0.5) is 5.69 Å². The van der Waals surface area contributed by atoms with E-state index < -0.39 is 0 Å². The first-order valence-electron chi connectivity index (χ1n) is 6.73. The lowest BCUT2D eigenvalue weighted by atomic mass is 9.86. The molecule has 1 saturated carbocycles. The zero-order valence-corrected chi connectivity index (χ0v) is 12.7. The molecule has 0 spiro atoms. The summed E-state index contributed by atoms with van der Waals surface area (Å²) in [5.41, 5.74) is 7.01. The molecular weight excluding hydrogens is 278 g/mol. The van der Waals surface area contributed by atoms with Crippen LogP contribution in [-0.2, 0) is 0 Å². The molecule has 1 aliphatic carbocycles. The van der Waals surface area contributed by atoms with Crippen LogP contribution in [0.1, 0.15) is 32.6 Å². The Labute approximate surface area is 125 Å². The number of benzene rings is 1. The molecule has 5 heteroatoms. The Kier molecular flexibility index (Phi) is 5.28. The lowest BCUT2D eigenvalue weighted by molar-refractivity contribution is 0.308. The zero-order chi connectivity index (χ0) is 13.7. The van der Waals surface area contributed by atoms with Gasteiger partial charge in [0.05, 0.1) is 5.69 Å². The molecule has 3 N–H and O–H groups in total. The second kappa shape index (κ2) is 6.96. The summed E-state index contributed by atoms with van der Waals surface area (Å²) in [6.45, 7) is 2.28. The van der Waals surface area contributed by atoms with Crippen molar-refractivity contribution in [3.8, 4) is 0 Å². The first kappa shape index (κ1) is 14.4. The van der Waals surface area contributed by atoms with Gasteiger partial charge in [0, 0.05) is 11.1 Å². The van der Waals surface area contributed by atoms with Crippen LogP contribution in [0.25, 0.3) is 0 Å². The standard InChI is InChI=1S/C14H20ClN3S/c1-10-4-2-3-5-13(10)16-14(19)18-17-12-8-6-11(15)7-9-12/h6-10,13,17H,2-5H2,1H3,(H2,16,18,19)/t10-,13-/m1/s1. The second-order valence-corrected chi connectivity index (χ2v) is 5.94. The zero-order valence-electron chi connectivity index (χ0n) is 11.1. The maximum absolute atomic E-state index is 5.83. The first-order chi connectivity index (χ1) is 9.15. The highest BCUT2D eigenvalue weighted by molar-refractivity contribution is 7.80. The normalized spacial score (nSPS) is 22.6. The molecule has 0 amide bonds. The number of hydrogen-bond donors (Lipinski definition) is 3. The molecule has 19 heavy (non-hydrogen) atoms. The van der Waals surface area contributed by atoms with Gasteiger partial charge in [0.15, 0.2) is 5.11 Å². The monoisotopic (exact) mass is 297 g/mol. The van der Waals surface area contributed by atoms with E-state index in [1.54, 1.807) is 0 Å². The van der Waals surface area contributed by atoms with Gasteiger partial charge in [0.2, 0.25) is 0 Å². The van der Waals surface area contributed by atoms with Crippen molar-refractivity contribution in [1.29, 1.82) is 0 Å². The lowest BCUT2D eigenvalue weighted by Gasteiger charge is -2.30. The fourth-order valence-electron chi connectivity index (χ4n) is 2.40. The molecule has 2 rings (SSSR count). The van der Waals surface area contributed by atoms with E-state index in [-0.39, 0.29) is 0 Å². The van der Waals surface area contributed by atoms with E-state index in [2.05, 4.69) is 23.1 Å². The fraction of sp³-hybridized carbons (Fsp3) is 0.500. The van der Waals surface area contributed by atoms with Crippen LogP contribution in [0.15, 0.2) is 24.3 Å². The highest BCUT2D eigenvalue weighted by Crippen LogP contribution is 2.23. The highest BCUT2D eigenvalue weighted by Gasteiger charge is 2.21. The van der Waals surface area contributed by atoms with Crippen LogP contribution in [0.3, 0.4) is 0 Å². The van der Waals surface area contributed by atoms with Gasteiger partial charge >= 0.3 is 0 Å². The van der Waals surface area contributed by atoms with Crippen molar-refractivity contribution in [2.24, 2.45) is 5.92 Å². The number of anilines is 1. The van der Waals surface area contributed by atoms with Crippen LogP contribution < -0.4 is 16.2 Å². The minimum Gasteiger partial charge on any atom is -0.358 e. The van der Waals surface area contributed by atoms with Crippen molar-refractivity contribution in [3.63, 3.8) is 0 Å². The maximum Gasteiger partial charge on any atom is 0.185 e. The summed E-state index contributed by atoms with van der Waals surface area (Å²) < 4.78 is 0. The number of rotatable bonds is 3. The number of hydrogen-bond acceptors (Lipinski definition) is 2. The van der Waals surface area contributed by atoms with E-state index >= 15 is 0 Å². The minimum absolute atomic E-state index is 0.487. The van der Waals surface area contributed by atoms with Crippen LogP contribution in [0.5, 0.6) is 0 Å². The van der Waals surface area contributed by atoms with Gasteiger partial charge < -0.3 is 5.32 Å². The Hall–Kier alpha value is -1.00. The first-order valence-corrected chi connectivity index (χ1v) is 7.52. The summed E-state index contributed by atoms with van der Waals surface area (Å²) in [6, 6.07) is 7.97. The van der Waals surface area contributed by atoms with Crippen LogP contribution in [-0.4, -0.2) is 11.2 Å². The quantitative estimate of drug-likeness (QED) is 0.587. The molecule has 0 bridgehead atoms. The van der Waals surface area contributed by atoms with Crippen molar-refractivity contribution >= 4 is 34.6 Å². The molecule has 0 aromatic heterocycles. The van der Waals surface area contributed by atoms with Gasteiger partial charge in [0.1, 0.15) is 0 Å². The highest BCUT2D eigenvalue weighted by atomic mass is 35.5. The molecule has 1 aromatic carbocycles. The topological polar surface area (TPSA) is 36.1 Å². The Morgan fingerprint density at radius 3 is 2.58 bits per heavy atom. The minimum atomic E-state index is 0.487. The predicted molar refractivity (Wildman–Crippen MR) is 85.4 cm³/mol. The van der Waals surface area contributed by atoms with Gasteiger partial charge in [-0.1, -0.05) is 31.4 Å². The maximum atomic E-state index is 5.83. The third-order valence-corrected chi connectivity index (χ3v) is 4.06. The Morgan fingerprint density at radius 2 is 1.89 bits per heavy atom. The summed E-state index contributed by atoms with van der Waals surface area (Å²) >= 11 is 11.1. The molecule has 1 aromatic rings. The lowest BCUT2D eigenvalue weighted by Crippen LogP contribution is -2.47. The third kappa shape index (κ3) is 4.55. The molecule has 104 valence electrons. The summed E-state index contributed by atoms with van der Waals surface area (Å²) in [6.07, 6.45) is 5.10. The van der Waals surface area contributed by atoms with E-state index in [0.717, 1.165) is 10.7 Å². The van der Waals surface area contributed by atoms with E-state index in [1.807, 2.05) is 24.3 Å². The summed E-state index contributed by atoms with van der Waals surface area (Å²) in [4.78, 5) is 0. The van der Waals surface area contributed by atoms with Crippen molar-refractivity contribution in [2.45, 2.75) is 38.6 Å². The van der Waals surface area contributed by atoms with Gasteiger partial charge in [-0.15, -0.1) is 0 Å². The molecule has 0 radical (unpaired) electrons. The van der Waals surface area contributed by atoms with E-state index in [4.69, 9.17) is 23.8 Å². The Morgan fingerprint density at radius 1 is 1.21 bits per heavy atom. The largest absolute Gasteiger partial charge is 0.358 e. The number of halogens is 1. The smallest absolute Gasteiger partial charge is 0.185 e. The molecule has 1 aliphatic rings. The number of hydrazine groups is 1. The number of nitrogens with one attached hydrogen (secondary N) is 3. The SMILES string of the molecule is C[C@@H]1CCCC[C@H]1NC(=S)NNc1ccc(Cl)cc1. The fourth-order valence-corrected chi connectivity index (χ4v) is 2.73. The average molecular weight is 298 g/mol. The second-order valence-electron chi connectivity index (χ2n) is 5.10. The van der Waals surface area contributed by atoms with Crippen LogP contribution in [0, 0.1) is 5.92 Å². The summed E-state index contributed by atoms with van der Waals surface area (Å²) in [7, 11) is 0. The molecule has 1 fully saturated rings. The van der Waals surface area contributed by atoms with Gasteiger partial charge in [-0.2, -0.15) is 0 Å². The molecule has 0 unspecified atom stereocenters. The van der Waals surface area contributed by atoms with E-state index in [9.17, 15) is 0 Å². The Balaban J connectivity index is 1.76. The van der Waals surface area contributed by atoms with Crippen LogP contribution in [0.2, 0.25) is 5.02 Å². The molecule has 3 nitrogen and oxygen atoms in total. The molecule has 0 heterocycles. The predicted octanol–water partition coefficient (Wildman–Crippen LogP) is 3.71. The van der Waals surface area contributed by atoms with Crippen molar-refractivity contribution in [2.75, 3.05) is 5.43 Å². The van der Waals surface area contributed by atoms with Gasteiger partial charge in [-0.25, -0.2) is 0 Å². The number of thiocarbonyl (C=S) groups is 1. The van der Waals surface area contributed by atoms with Crippen molar-refractivity contribution in [1.82, 2.24) is 10.7 Å². The van der Waals surface area contributed by atoms with Crippen molar-refractivity contribution < 1.29 is 0 Å². The van der Waals surface area contributed by atoms with Gasteiger partial charge in [0.25, 0.3) is 0 Å². The molecule has 0 saturated heterocycles. The summed E-state index contributed by atoms with van der Waals surface area (Å²) in [5, 5.41) is 4.75. The Bertz CT molecular complexity index is 421. The van der Waals surface area contributed by atoms with Gasteiger partial charge in [-0.05, 0) is 55.2 Å². The van der Waals surface area contributed by atoms with Crippen LogP contribution >= 0.6 is 23.8 Å². The van der Waals surface area contributed by atoms with Crippen molar-refractivity contribution in [3.05, 3.63) is 29.3 Å². The molecule has 2 atom stereocenters. The van der Waals surface area contributed by atoms with E-state index in [0.29, 0.717) is 17.1 Å². The summed E-state index contributed by atoms with van der Waals surface area (Å²) in [5.74, 6) is 0.684. The average Bonchev–Trinajstić information content (AvgIpc) is 2.41. The third-order valence-electron chi connectivity index (χ3n) is 3.59.